The number of methoxy groups -OCH3 is 1. The van der Waals surface area contributed by atoms with Gasteiger partial charge in [0.25, 0.3) is 0 Å². The lowest BCUT2D eigenvalue weighted by atomic mass is 10.0. The van der Waals surface area contributed by atoms with Crippen LogP contribution in [-0.2, 0) is 6.42 Å². The van der Waals surface area contributed by atoms with Gasteiger partial charge in [0, 0.05) is 17.8 Å². The van der Waals surface area contributed by atoms with E-state index in [-0.39, 0.29) is 6.04 Å². The molecule has 0 saturated heterocycles. The van der Waals surface area contributed by atoms with Crippen molar-refractivity contribution in [1.29, 1.82) is 0 Å². The van der Waals surface area contributed by atoms with Gasteiger partial charge in [-0.1, -0.05) is 12.1 Å². The van der Waals surface area contributed by atoms with E-state index >= 15 is 0 Å². The van der Waals surface area contributed by atoms with Gasteiger partial charge in [0.15, 0.2) is 0 Å². The number of nitrogens with one attached hydrogen (secondary N) is 1. The lowest BCUT2D eigenvalue weighted by Crippen LogP contribution is -2.18. The maximum atomic E-state index is 5.17. The molecule has 1 unspecified atom stereocenters. The molecule has 3 nitrogen and oxygen atoms in total. The SMILES string of the molecule is CNC(Cc1csc(C)n1)c1ccc(OC)cc1. The number of thiazole rings is 1. The standard InChI is InChI=1S/C14H18N2OS/c1-10-16-12(9-18-10)8-14(15-2)11-4-6-13(17-3)7-5-11/h4-7,9,14-15H,8H2,1-3H3. The maximum Gasteiger partial charge on any atom is 0.118 e. The van der Waals surface area contributed by atoms with Gasteiger partial charge in [0.05, 0.1) is 17.8 Å². The van der Waals surface area contributed by atoms with Crippen LogP contribution in [0.4, 0.5) is 0 Å². The smallest absolute Gasteiger partial charge is 0.118 e. The largest absolute Gasteiger partial charge is 0.497 e. The summed E-state index contributed by atoms with van der Waals surface area (Å²) < 4.78 is 5.17. The Balaban J connectivity index is 2.12. The van der Waals surface area contributed by atoms with E-state index in [9.17, 15) is 0 Å². The first-order valence-corrected chi connectivity index (χ1v) is 6.83. The van der Waals surface area contributed by atoms with Gasteiger partial charge in [-0.2, -0.15) is 0 Å². The number of likely N-dealkylation sites (N-methyl/N-ethyl adjacent to an activating group) is 1. The van der Waals surface area contributed by atoms with E-state index in [1.165, 1.54) is 5.56 Å². The molecule has 0 aliphatic carbocycles. The van der Waals surface area contributed by atoms with E-state index in [2.05, 4.69) is 27.8 Å². The van der Waals surface area contributed by atoms with Crippen molar-refractivity contribution < 1.29 is 4.74 Å². The van der Waals surface area contributed by atoms with E-state index in [1.54, 1.807) is 18.4 Å². The summed E-state index contributed by atoms with van der Waals surface area (Å²) in [5.41, 5.74) is 2.40. The number of rotatable bonds is 5. The average molecular weight is 262 g/mol. The second kappa shape index (κ2) is 5.98. The van der Waals surface area contributed by atoms with Crippen LogP contribution < -0.4 is 10.1 Å². The molecule has 0 amide bonds. The van der Waals surface area contributed by atoms with E-state index in [1.807, 2.05) is 26.1 Å². The summed E-state index contributed by atoms with van der Waals surface area (Å²) >= 11 is 1.70. The van der Waals surface area contributed by atoms with Crippen molar-refractivity contribution in [2.24, 2.45) is 0 Å². The van der Waals surface area contributed by atoms with Crippen molar-refractivity contribution >= 4 is 11.3 Å². The summed E-state index contributed by atoms with van der Waals surface area (Å²) in [6.07, 6.45) is 0.910. The van der Waals surface area contributed by atoms with Gasteiger partial charge >= 0.3 is 0 Å². The third-order valence-corrected chi connectivity index (χ3v) is 3.77. The van der Waals surface area contributed by atoms with Gasteiger partial charge in [-0.25, -0.2) is 4.98 Å². The fraction of sp³-hybridized carbons (Fsp3) is 0.357. The zero-order valence-corrected chi connectivity index (χ0v) is 11.8. The molecule has 1 heterocycles. The fourth-order valence-electron chi connectivity index (χ4n) is 1.93. The Morgan fingerprint density at radius 2 is 2.06 bits per heavy atom. The Kier molecular flexibility index (Phi) is 4.33. The van der Waals surface area contributed by atoms with Crippen LogP contribution in [0.5, 0.6) is 5.75 Å². The minimum absolute atomic E-state index is 0.289. The topological polar surface area (TPSA) is 34.2 Å². The van der Waals surface area contributed by atoms with Crippen LogP contribution in [-0.4, -0.2) is 19.1 Å². The molecule has 96 valence electrons. The first-order chi connectivity index (χ1) is 8.72. The molecule has 0 radical (unpaired) electrons. The van der Waals surface area contributed by atoms with Crippen molar-refractivity contribution in [3.63, 3.8) is 0 Å². The van der Waals surface area contributed by atoms with Crippen molar-refractivity contribution in [3.8, 4) is 5.75 Å². The van der Waals surface area contributed by atoms with Crippen molar-refractivity contribution in [2.45, 2.75) is 19.4 Å². The van der Waals surface area contributed by atoms with Crippen LogP contribution in [0.25, 0.3) is 0 Å². The molecule has 0 aliphatic heterocycles. The predicted molar refractivity (Wildman–Crippen MR) is 75.3 cm³/mol. The monoisotopic (exact) mass is 262 g/mol. The first-order valence-electron chi connectivity index (χ1n) is 5.95. The number of aromatic nitrogens is 1. The molecule has 0 spiro atoms. The highest BCUT2D eigenvalue weighted by atomic mass is 32.1. The van der Waals surface area contributed by atoms with Gasteiger partial charge in [-0.3, -0.25) is 0 Å². The Morgan fingerprint density at radius 3 is 2.56 bits per heavy atom. The summed E-state index contributed by atoms with van der Waals surface area (Å²) in [4.78, 5) is 4.51. The first kappa shape index (κ1) is 13.1. The third kappa shape index (κ3) is 3.09. The minimum atomic E-state index is 0.289. The molecule has 0 bridgehead atoms. The van der Waals surface area contributed by atoms with Gasteiger partial charge in [0.1, 0.15) is 5.75 Å². The van der Waals surface area contributed by atoms with E-state index in [4.69, 9.17) is 4.74 Å². The van der Waals surface area contributed by atoms with Crippen molar-refractivity contribution in [2.75, 3.05) is 14.2 Å². The summed E-state index contributed by atoms with van der Waals surface area (Å²) in [6.45, 7) is 2.04. The van der Waals surface area contributed by atoms with E-state index < -0.39 is 0 Å². The lowest BCUT2D eigenvalue weighted by molar-refractivity contribution is 0.414. The number of hydrogen-bond acceptors (Lipinski definition) is 4. The quantitative estimate of drug-likeness (QED) is 0.899. The van der Waals surface area contributed by atoms with Crippen LogP contribution in [0, 0.1) is 6.92 Å². The van der Waals surface area contributed by atoms with E-state index in [0.717, 1.165) is 22.9 Å². The molecule has 2 rings (SSSR count). The predicted octanol–water partition coefficient (Wildman–Crippen LogP) is 2.96. The van der Waals surface area contributed by atoms with Crippen LogP contribution >= 0.6 is 11.3 Å². The number of benzene rings is 1. The molecular weight excluding hydrogens is 244 g/mol. The van der Waals surface area contributed by atoms with Crippen LogP contribution in [0.2, 0.25) is 0 Å². The summed E-state index contributed by atoms with van der Waals surface area (Å²) in [7, 11) is 3.66. The molecule has 0 aliphatic rings. The van der Waals surface area contributed by atoms with Gasteiger partial charge in [-0.05, 0) is 31.7 Å². The highest BCUT2D eigenvalue weighted by Crippen LogP contribution is 2.21. The fourth-order valence-corrected chi connectivity index (χ4v) is 2.56. The molecule has 18 heavy (non-hydrogen) atoms. The maximum absolute atomic E-state index is 5.17. The Hall–Kier alpha value is -1.39. The Bertz CT molecular complexity index is 493. The summed E-state index contributed by atoms with van der Waals surface area (Å²) in [5.74, 6) is 0.887. The van der Waals surface area contributed by atoms with Crippen molar-refractivity contribution in [3.05, 3.63) is 45.9 Å². The zero-order valence-electron chi connectivity index (χ0n) is 10.9. The van der Waals surface area contributed by atoms with Crippen LogP contribution in [0.15, 0.2) is 29.6 Å². The summed E-state index contributed by atoms with van der Waals surface area (Å²) in [5, 5.41) is 6.59. The zero-order chi connectivity index (χ0) is 13.0. The number of aryl methyl sites for hydroxylation is 1. The second-order valence-corrected chi connectivity index (χ2v) is 5.24. The van der Waals surface area contributed by atoms with Crippen LogP contribution in [0.3, 0.4) is 0 Å². The van der Waals surface area contributed by atoms with Gasteiger partial charge in [-0.15, -0.1) is 11.3 Å². The highest BCUT2D eigenvalue weighted by molar-refractivity contribution is 7.09. The molecular formula is C14H18N2OS. The molecule has 1 N–H and O–H groups in total. The molecule has 1 aromatic carbocycles. The molecule has 2 aromatic rings. The summed E-state index contributed by atoms with van der Waals surface area (Å²) in [6, 6.07) is 8.47. The number of ether oxygens (including phenoxy) is 1. The molecule has 4 heteroatoms. The Labute approximate surface area is 112 Å². The highest BCUT2D eigenvalue weighted by Gasteiger charge is 2.11. The van der Waals surface area contributed by atoms with Gasteiger partial charge < -0.3 is 10.1 Å². The molecule has 1 aromatic heterocycles. The molecule has 0 saturated carbocycles. The molecule has 0 fully saturated rings. The second-order valence-electron chi connectivity index (χ2n) is 4.18. The van der Waals surface area contributed by atoms with Gasteiger partial charge in [0.2, 0.25) is 0 Å². The van der Waals surface area contributed by atoms with Crippen LogP contribution in [0.1, 0.15) is 22.3 Å². The minimum Gasteiger partial charge on any atom is -0.497 e. The number of nitrogens with zero attached hydrogens (tertiary/aromatic N) is 1. The average Bonchev–Trinajstić information content (AvgIpc) is 2.82. The van der Waals surface area contributed by atoms with Crippen molar-refractivity contribution in [1.82, 2.24) is 10.3 Å². The number of hydrogen-bond donors (Lipinski definition) is 1. The van der Waals surface area contributed by atoms with E-state index in [0.29, 0.717) is 0 Å². The lowest BCUT2D eigenvalue weighted by Gasteiger charge is -2.15. The molecule has 1 atom stereocenters. The third-order valence-electron chi connectivity index (χ3n) is 2.95. The normalized spacial score (nSPS) is 12.4. The Morgan fingerprint density at radius 1 is 1.33 bits per heavy atom.